The number of halogens is 6. The largest absolute Gasteiger partial charge is 0.260 e. The van der Waals surface area contributed by atoms with Crippen molar-refractivity contribution in [3.63, 3.8) is 0 Å². The monoisotopic (exact) mass is 343 g/mol. The Bertz CT molecular complexity index is 654. The summed E-state index contributed by atoms with van der Waals surface area (Å²) in [6, 6.07) is 4.52. The van der Waals surface area contributed by atoms with Gasteiger partial charge in [-0.25, -0.2) is 22.0 Å². The Labute approximate surface area is 124 Å². The molecule has 0 aliphatic heterocycles. The van der Waals surface area contributed by atoms with Crippen LogP contribution in [0.15, 0.2) is 29.3 Å². The Morgan fingerprint density at radius 3 is 1.90 bits per heavy atom. The first-order valence-electron chi connectivity index (χ1n) is 5.23. The molecule has 0 saturated heterocycles. The van der Waals surface area contributed by atoms with Gasteiger partial charge in [0.15, 0.2) is 23.3 Å². The second kappa shape index (κ2) is 6.95. The van der Waals surface area contributed by atoms with E-state index in [0.717, 1.165) is 0 Å². The first-order chi connectivity index (χ1) is 9.43. The number of nitrogens with zero attached hydrogens (tertiary/aromatic N) is 1. The topological polar surface area (TPSA) is 30.0 Å². The molecule has 1 atom stereocenters. The number of benzene rings is 1. The maximum atomic E-state index is 13.4. The summed E-state index contributed by atoms with van der Waals surface area (Å²) in [6.45, 7) is 0. The maximum Gasteiger partial charge on any atom is 0.200 e. The summed E-state index contributed by atoms with van der Waals surface area (Å²) in [5.41, 5.74) is 0.203. The first kappa shape index (κ1) is 17.5. The SMILES string of the molecule is Cl.O=S(Cc1ccccn1)c1c(F)c(F)c(F)c(F)c1F. The highest BCUT2D eigenvalue weighted by molar-refractivity contribution is 7.84. The van der Waals surface area contributed by atoms with Crippen LogP contribution in [0.4, 0.5) is 22.0 Å². The Hall–Kier alpha value is -1.54. The molecule has 1 heterocycles. The molecule has 9 heteroatoms. The van der Waals surface area contributed by atoms with E-state index in [4.69, 9.17) is 0 Å². The highest BCUT2D eigenvalue weighted by Crippen LogP contribution is 2.26. The van der Waals surface area contributed by atoms with Crippen molar-refractivity contribution in [2.24, 2.45) is 0 Å². The number of aromatic nitrogens is 1. The fourth-order valence-electron chi connectivity index (χ4n) is 1.47. The molecule has 2 aromatic rings. The van der Waals surface area contributed by atoms with Gasteiger partial charge in [-0.05, 0) is 12.1 Å². The zero-order valence-electron chi connectivity index (χ0n) is 10.1. The fourth-order valence-corrected chi connectivity index (χ4v) is 2.64. The van der Waals surface area contributed by atoms with Gasteiger partial charge in [0.2, 0.25) is 5.82 Å². The molecule has 2 rings (SSSR count). The molecule has 0 N–H and O–H groups in total. The van der Waals surface area contributed by atoms with Gasteiger partial charge in [0.25, 0.3) is 0 Å². The van der Waals surface area contributed by atoms with Gasteiger partial charge in [0, 0.05) is 6.20 Å². The normalized spacial score (nSPS) is 11.9. The van der Waals surface area contributed by atoms with Crippen LogP contribution in [0, 0.1) is 29.1 Å². The molecule has 0 fully saturated rings. The second-order valence-corrected chi connectivity index (χ2v) is 5.10. The minimum absolute atomic E-state index is 0. The summed E-state index contributed by atoms with van der Waals surface area (Å²) in [7, 11) is -2.45. The molecule has 0 bridgehead atoms. The van der Waals surface area contributed by atoms with E-state index in [0.29, 0.717) is 0 Å². The zero-order valence-corrected chi connectivity index (χ0v) is 11.7. The quantitative estimate of drug-likeness (QED) is 0.485. The van der Waals surface area contributed by atoms with Crippen LogP contribution in [0.3, 0.4) is 0 Å². The lowest BCUT2D eigenvalue weighted by atomic mass is 10.3. The number of hydrogen-bond acceptors (Lipinski definition) is 2. The van der Waals surface area contributed by atoms with Crippen molar-refractivity contribution in [3.05, 3.63) is 59.2 Å². The van der Waals surface area contributed by atoms with Crippen molar-refractivity contribution in [2.45, 2.75) is 10.6 Å². The Balaban J connectivity index is 0.00000220. The lowest BCUT2D eigenvalue weighted by Crippen LogP contribution is -2.10. The van der Waals surface area contributed by atoms with Crippen LogP contribution in [-0.4, -0.2) is 9.19 Å². The minimum Gasteiger partial charge on any atom is -0.260 e. The van der Waals surface area contributed by atoms with E-state index in [2.05, 4.69) is 4.98 Å². The van der Waals surface area contributed by atoms with E-state index in [1.807, 2.05) is 0 Å². The van der Waals surface area contributed by atoms with Gasteiger partial charge in [-0.3, -0.25) is 9.19 Å². The smallest absolute Gasteiger partial charge is 0.200 e. The predicted octanol–water partition coefficient (Wildman–Crippen LogP) is 3.51. The van der Waals surface area contributed by atoms with Crippen LogP contribution >= 0.6 is 12.4 Å². The molecular weight excluding hydrogens is 337 g/mol. The molecule has 2 nitrogen and oxygen atoms in total. The second-order valence-electron chi connectivity index (χ2n) is 3.71. The minimum atomic E-state index is -2.45. The molecule has 114 valence electrons. The van der Waals surface area contributed by atoms with Crippen LogP contribution in [0.5, 0.6) is 0 Å². The third-order valence-electron chi connectivity index (χ3n) is 2.40. The van der Waals surface area contributed by atoms with Gasteiger partial charge in [-0.2, -0.15) is 0 Å². The van der Waals surface area contributed by atoms with Gasteiger partial charge in [-0.15, -0.1) is 12.4 Å². The van der Waals surface area contributed by atoms with Gasteiger partial charge >= 0.3 is 0 Å². The summed E-state index contributed by atoms with van der Waals surface area (Å²) < 4.78 is 77.5. The molecule has 0 radical (unpaired) electrons. The summed E-state index contributed by atoms with van der Waals surface area (Å²) in [5.74, 6) is -11.1. The Kier molecular flexibility index (Phi) is 5.79. The van der Waals surface area contributed by atoms with Gasteiger partial charge in [-0.1, -0.05) is 6.07 Å². The van der Waals surface area contributed by atoms with Crippen molar-refractivity contribution in [1.82, 2.24) is 4.98 Å². The first-order valence-corrected chi connectivity index (χ1v) is 6.55. The van der Waals surface area contributed by atoms with Crippen LogP contribution in [0.1, 0.15) is 5.69 Å². The standard InChI is InChI=1S/C12H6F5NOS.ClH/c13-7-8(14)10(16)12(11(17)9(7)15)20(19)5-6-3-1-2-4-18-6;/h1-4H,5H2;1H. The summed E-state index contributed by atoms with van der Waals surface area (Å²) >= 11 is 0. The van der Waals surface area contributed by atoms with Crippen LogP contribution in [0.2, 0.25) is 0 Å². The summed E-state index contributed by atoms with van der Waals surface area (Å²) in [6.07, 6.45) is 1.35. The molecule has 1 unspecified atom stereocenters. The van der Waals surface area contributed by atoms with Crippen LogP contribution in [0.25, 0.3) is 0 Å². The number of rotatable bonds is 3. The molecule has 1 aromatic heterocycles. The van der Waals surface area contributed by atoms with Crippen LogP contribution in [-0.2, 0) is 16.6 Å². The Morgan fingerprint density at radius 1 is 0.905 bits per heavy atom. The van der Waals surface area contributed by atoms with E-state index < -0.39 is 50.5 Å². The van der Waals surface area contributed by atoms with E-state index in [1.54, 1.807) is 6.07 Å². The highest BCUT2D eigenvalue weighted by Gasteiger charge is 2.29. The molecule has 0 amide bonds. The van der Waals surface area contributed by atoms with Crippen molar-refractivity contribution in [3.8, 4) is 0 Å². The van der Waals surface area contributed by atoms with Gasteiger partial charge in [0.1, 0.15) is 4.90 Å². The predicted molar refractivity (Wildman–Crippen MR) is 67.8 cm³/mol. The molecule has 0 aliphatic rings. The molecule has 0 aliphatic carbocycles. The van der Waals surface area contributed by atoms with Crippen molar-refractivity contribution < 1.29 is 26.2 Å². The van der Waals surface area contributed by atoms with Crippen molar-refractivity contribution in [2.75, 3.05) is 0 Å². The average molecular weight is 344 g/mol. The lowest BCUT2D eigenvalue weighted by Gasteiger charge is -2.07. The highest BCUT2D eigenvalue weighted by atomic mass is 35.5. The zero-order chi connectivity index (χ0) is 14.9. The van der Waals surface area contributed by atoms with Gasteiger partial charge in [0.05, 0.1) is 22.2 Å². The van der Waals surface area contributed by atoms with E-state index in [-0.39, 0.29) is 18.1 Å². The van der Waals surface area contributed by atoms with Crippen LogP contribution < -0.4 is 0 Å². The summed E-state index contributed by atoms with van der Waals surface area (Å²) in [4.78, 5) is 2.43. The van der Waals surface area contributed by atoms with Crippen molar-refractivity contribution in [1.29, 1.82) is 0 Å². The number of pyridine rings is 1. The summed E-state index contributed by atoms with van der Waals surface area (Å²) in [5, 5.41) is 0. The fraction of sp³-hybridized carbons (Fsp3) is 0.0833. The van der Waals surface area contributed by atoms with E-state index in [1.165, 1.54) is 18.3 Å². The molecule has 21 heavy (non-hydrogen) atoms. The molecule has 1 aromatic carbocycles. The van der Waals surface area contributed by atoms with Crippen molar-refractivity contribution >= 4 is 23.2 Å². The van der Waals surface area contributed by atoms with Gasteiger partial charge < -0.3 is 0 Å². The molecule has 0 saturated carbocycles. The third-order valence-corrected chi connectivity index (χ3v) is 3.77. The third kappa shape index (κ3) is 3.38. The Morgan fingerprint density at radius 2 is 1.43 bits per heavy atom. The molecular formula is C12H7ClF5NOS. The van der Waals surface area contributed by atoms with E-state index in [9.17, 15) is 26.2 Å². The lowest BCUT2D eigenvalue weighted by molar-refractivity contribution is 0.359. The number of hydrogen-bond donors (Lipinski definition) is 0. The van der Waals surface area contributed by atoms with E-state index >= 15 is 0 Å². The molecule has 0 spiro atoms. The average Bonchev–Trinajstić information content (AvgIpc) is 2.44. The maximum absolute atomic E-state index is 13.4.